The second kappa shape index (κ2) is 4.11. The van der Waals surface area contributed by atoms with E-state index in [-0.39, 0.29) is 6.42 Å². The zero-order valence-electron chi connectivity index (χ0n) is 9.16. The minimum atomic E-state index is 0.290. The van der Waals surface area contributed by atoms with Crippen LogP contribution < -0.4 is 0 Å². The number of imidazole rings is 1. The smallest absolute Gasteiger partial charge is 0.156 e. The van der Waals surface area contributed by atoms with Crippen molar-refractivity contribution in [3.05, 3.63) is 22.7 Å². The molecular formula is C11H11ClN4. The van der Waals surface area contributed by atoms with Gasteiger partial charge < -0.3 is 4.57 Å². The Bertz CT molecular complexity index is 580. The minimum absolute atomic E-state index is 0.290. The predicted octanol–water partition coefficient (Wildman–Crippen LogP) is 2.48. The highest BCUT2D eigenvalue weighted by molar-refractivity contribution is 6.33. The van der Waals surface area contributed by atoms with Gasteiger partial charge in [0, 0.05) is 12.7 Å². The molecular weight excluding hydrogens is 224 g/mol. The fraction of sp³-hybridized carbons (Fsp3) is 0.364. The van der Waals surface area contributed by atoms with Crippen molar-refractivity contribution in [3.63, 3.8) is 0 Å². The second-order valence-electron chi connectivity index (χ2n) is 3.54. The molecule has 0 saturated carbocycles. The number of aryl methyl sites for hydroxylation is 2. The summed E-state index contributed by atoms with van der Waals surface area (Å²) in [5, 5.41) is 9.15. The largest absolute Gasteiger partial charge is 0.327 e. The number of hydrogen-bond acceptors (Lipinski definition) is 3. The molecule has 0 saturated heterocycles. The topological polar surface area (TPSA) is 54.5 Å². The summed E-state index contributed by atoms with van der Waals surface area (Å²) in [6, 6.07) is 2.11. The average molecular weight is 235 g/mol. The van der Waals surface area contributed by atoms with Gasteiger partial charge in [-0.3, -0.25) is 0 Å². The van der Waals surface area contributed by atoms with E-state index in [1.165, 1.54) is 0 Å². The number of aromatic nitrogens is 3. The van der Waals surface area contributed by atoms with Gasteiger partial charge in [0.05, 0.1) is 18.0 Å². The molecule has 2 rings (SSSR count). The predicted molar refractivity (Wildman–Crippen MR) is 62.3 cm³/mol. The Morgan fingerprint density at radius 1 is 1.56 bits per heavy atom. The van der Waals surface area contributed by atoms with Gasteiger partial charge in [-0.25, -0.2) is 9.97 Å². The molecule has 0 radical (unpaired) electrons. The summed E-state index contributed by atoms with van der Waals surface area (Å²) in [4.78, 5) is 8.44. The van der Waals surface area contributed by atoms with Crippen LogP contribution in [0.2, 0.25) is 5.15 Å². The lowest BCUT2D eigenvalue weighted by Gasteiger charge is -2.04. The highest BCUT2D eigenvalue weighted by Gasteiger charge is 2.14. The Labute approximate surface area is 98.5 Å². The van der Waals surface area contributed by atoms with Gasteiger partial charge in [0.15, 0.2) is 5.15 Å². The molecule has 0 aliphatic carbocycles. The highest BCUT2D eigenvalue weighted by Crippen LogP contribution is 2.25. The van der Waals surface area contributed by atoms with Gasteiger partial charge in [0.2, 0.25) is 0 Å². The molecule has 0 N–H and O–H groups in total. The zero-order valence-corrected chi connectivity index (χ0v) is 9.91. The molecule has 0 aliphatic heterocycles. The maximum atomic E-state index is 8.75. The van der Waals surface area contributed by atoms with E-state index in [2.05, 4.69) is 16.0 Å². The number of fused-ring (bicyclic) bond motifs is 1. The van der Waals surface area contributed by atoms with E-state index in [0.717, 1.165) is 23.4 Å². The average Bonchev–Trinajstić information content (AvgIpc) is 2.64. The Balaban J connectivity index is 2.82. The van der Waals surface area contributed by atoms with Crippen molar-refractivity contribution in [2.24, 2.45) is 0 Å². The zero-order chi connectivity index (χ0) is 11.7. The van der Waals surface area contributed by atoms with Crippen LogP contribution in [0, 0.1) is 18.3 Å². The molecule has 0 bridgehead atoms. The number of pyridine rings is 1. The normalized spacial score (nSPS) is 10.6. The molecule has 0 amide bonds. The van der Waals surface area contributed by atoms with Crippen molar-refractivity contribution in [1.82, 2.24) is 14.5 Å². The Morgan fingerprint density at radius 3 is 2.94 bits per heavy atom. The van der Waals surface area contributed by atoms with Crippen LogP contribution in [0.1, 0.15) is 18.3 Å². The van der Waals surface area contributed by atoms with E-state index in [0.29, 0.717) is 10.7 Å². The summed E-state index contributed by atoms with van der Waals surface area (Å²) in [6.45, 7) is 4.76. The summed E-state index contributed by atoms with van der Waals surface area (Å²) in [7, 11) is 0. The standard InChI is InChI=1S/C11H11ClN4/c1-3-16-8(4-5-13)15-9-10(16)7(2)6-14-11(9)12/h6H,3-4H2,1-2H3. The maximum absolute atomic E-state index is 8.75. The minimum Gasteiger partial charge on any atom is -0.327 e. The van der Waals surface area contributed by atoms with E-state index in [4.69, 9.17) is 16.9 Å². The van der Waals surface area contributed by atoms with E-state index in [1.807, 2.05) is 18.4 Å². The first-order chi connectivity index (χ1) is 7.69. The molecule has 2 aromatic rings. The third kappa shape index (κ3) is 1.54. The fourth-order valence-corrected chi connectivity index (χ4v) is 2.05. The number of nitriles is 1. The lowest BCUT2D eigenvalue weighted by Crippen LogP contribution is -2.01. The van der Waals surface area contributed by atoms with Gasteiger partial charge in [-0.1, -0.05) is 11.6 Å². The maximum Gasteiger partial charge on any atom is 0.156 e. The molecule has 0 aliphatic rings. The lowest BCUT2D eigenvalue weighted by molar-refractivity contribution is 0.738. The molecule has 2 heterocycles. The molecule has 0 aromatic carbocycles. The Morgan fingerprint density at radius 2 is 2.31 bits per heavy atom. The fourth-order valence-electron chi connectivity index (χ4n) is 1.86. The number of halogens is 1. The van der Waals surface area contributed by atoms with Crippen LogP contribution in [0.5, 0.6) is 0 Å². The van der Waals surface area contributed by atoms with Crippen molar-refractivity contribution in [1.29, 1.82) is 5.26 Å². The molecule has 4 nitrogen and oxygen atoms in total. The van der Waals surface area contributed by atoms with E-state index >= 15 is 0 Å². The third-order valence-corrected chi connectivity index (χ3v) is 2.82. The van der Waals surface area contributed by atoms with Gasteiger partial charge in [-0.05, 0) is 19.4 Å². The van der Waals surface area contributed by atoms with E-state index in [1.54, 1.807) is 6.20 Å². The summed E-state index contributed by atoms with van der Waals surface area (Å²) in [5.74, 6) is 0.748. The van der Waals surface area contributed by atoms with Crippen molar-refractivity contribution in [2.75, 3.05) is 0 Å². The van der Waals surface area contributed by atoms with Crippen LogP contribution in [0.4, 0.5) is 0 Å². The van der Waals surface area contributed by atoms with Crippen molar-refractivity contribution in [2.45, 2.75) is 26.8 Å². The van der Waals surface area contributed by atoms with E-state index < -0.39 is 0 Å². The van der Waals surface area contributed by atoms with Crippen molar-refractivity contribution in [3.8, 4) is 6.07 Å². The van der Waals surface area contributed by atoms with Gasteiger partial charge in [-0.2, -0.15) is 5.26 Å². The molecule has 0 unspecified atom stereocenters. The van der Waals surface area contributed by atoms with Gasteiger partial charge in [-0.15, -0.1) is 0 Å². The van der Waals surface area contributed by atoms with Crippen LogP contribution in [-0.2, 0) is 13.0 Å². The van der Waals surface area contributed by atoms with Gasteiger partial charge >= 0.3 is 0 Å². The first kappa shape index (κ1) is 10.9. The Hall–Kier alpha value is -1.60. The van der Waals surface area contributed by atoms with Crippen molar-refractivity contribution >= 4 is 22.6 Å². The van der Waals surface area contributed by atoms with Crippen LogP contribution in [0.3, 0.4) is 0 Å². The van der Waals surface area contributed by atoms with E-state index in [9.17, 15) is 0 Å². The van der Waals surface area contributed by atoms with Crippen LogP contribution in [0.25, 0.3) is 11.0 Å². The molecule has 5 heteroatoms. The first-order valence-corrected chi connectivity index (χ1v) is 5.44. The number of hydrogen-bond donors (Lipinski definition) is 0. The monoisotopic (exact) mass is 234 g/mol. The van der Waals surface area contributed by atoms with Crippen LogP contribution >= 0.6 is 11.6 Å². The summed E-state index contributed by atoms with van der Waals surface area (Å²) in [6.07, 6.45) is 2.02. The molecule has 0 fully saturated rings. The van der Waals surface area contributed by atoms with Gasteiger partial charge in [0.1, 0.15) is 11.3 Å². The molecule has 2 aromatic heterocycles. The van der Waals surface area contributed by atoms with Gasteiger partial charge in [0.25, 0.3) is 0 Å². The van der Waals surface area contributed by atoms with Crippen LogP contribution in [-0.4, -0.2) is 14.5 Å². The van der Waals surface area contributed by atoms with Crippen LogP contribution in [0.15, 0.2) is 6.20 Å². The lowest BCUT2D eigenvalue weighted by atomic mass is 10.2. The molecule has 82 valence electrons. The molecule has 0 atom stereocenters. The van der Waals surface area contributed by atoms with Crippen molar-refractivity contribution < 1.29 is 0 Å². The summed E-state index contributed by atoms with van der Waals surface area (Å²) in [5.41, 5.74) is 2.69. The first-order valence-electron chi connectivity index (χ1n) is 5.06. The SMILES string of the molecule is CCn1c(CC#N)nc2c(Cl)ncc(C)c21. The number of rotatable bonds is 2. The third-order valence-electron chi connectivity index (χ3n) is 2.54. The summed E-state index contributed by atoms with van der Waals surface area (Å²) >= 11 is 6.00. The summed E-state index contributed by atoms with van der Waals surface area (Å²) < 4.78 is 2.02. The highest BCUT2D eigenvalue weighted by atomic mass is 35.5. The second-order valence-corrected chi connectivity index (χ2v) is 3.89. The number of nitrogens with zero attached hydrogens (tertiary/aromatic N) is 4. The quantitative estimate of drug-likeness (QED) is 0.750. The Kier molecular flexibility index (Phi) is 2.80. The molecule has 0 spiro atoms. The molecule has 16 heavy (non-hydrogen) atoms.